The summed E-state index contributed by atoms with van der Waals surface area (Å²) in [4.78, 5) is 0. The molecule has 0 spiro atoms. The summed E-state index contributed by atoms with van der Waals surface area (Å²) in [5.74, 6) is 0. The lowest BCUT2D eigenvalue weighted by atomic mass is 9.82. The van der Waals surface area contributed by atoms with E-state index in [2.05, 4.69) is 34.1 Å². The lowest BCUT2D eigenvalue weighted by Crippen LogP contribution is -2.11. The van der Waals surface area contributed by atoms with E-state index in [1.807, 2.05) is 0 Å². The second-order valence-electron chi connectivity index (χ2n) is 5.26. The minimum absolute atomic E-state index is 0.545. The standard InChI is InChI=1S/C14H29/c1-5-7-9-11-13-14(3,4)12-10-8-6-2/h11H,5-10,12-13H2,1-4H3. The normalized spacial score (nSPS) is 12.0. The molecule has 1 radical (unpaired) electrons. The fraction of sp³-hybridized carbons (Fsp3) is 0.929. The fourth-order valence-electron chi connectivity index (χ4n) is 1.80. The van der Waals surface area contributed by atoms with Crippen molar-refractivity contribution in [1.82, 2.24) is 0 Å². The summed E-state index contributed by atoms with van der Waals surface area (Å²) in [6, 6.07) is 0. The van der Waals surface area contributed by atoms with Gasteiger partial charge < -0.3 is 0 Å². The van der Waals surface area contributed by atoms with Gasteiger partial charge in [0.15, 0.2) is 0 Å². The molecule has 14 heavy (non-hydrogen) atoms. The Labute approximate surface area is 91.5 Å². The van der Waals surface area contributed by atoms with Gasteiger partial charge >= 0.3 is 0 Å². The van der Waals surface area contributed by atoms with Crippen LogP contribution in [0.5, 0.6) is 0 Å². The Morgan fingerprint density at radius 3 is 2.14 bits per heavy atom. The van der Waals surface area contributed by atoms with Crippen LogP contribution in [0.3, 0.4) is 0 Å². The molecule has 0 aromatic heterocycles. The van der Waals surface area contributed by atoms with Crippen LogP contribution in [-0.2, 0) is 0 Å². The summed E-state index contributed by atoms with van der Waals surface area (Å²) in [6.45, 7) is 9.36. The molecule has 0 aromatic rings. The molecule has 0 saturated carbocycles. The van der Waals surface area contributed by atoms with E-state index >= 15 is 0 Å². The monoisotopic (exact) mass is 197 g/mol. The quantitative estimate of drug-likeness (QED) is 0.435. The summed E-state index contributed by atoms with van der Waals surface area (Å²) in [5, 5.41) is 0. The maximum Gasteiger partial charge on any atom is -0.0351 e. The molecule has 0 aliphatic carbocycles. The highest BCUT2D eigenvalue weighted by molar-refractivity contribution is 4.77. The van der Waals surface area contributed by atoms with Gasteiger partial charge in [0, 0.05) is 0 Å². The molecule has 0 aromatic carbocycles. The van der Waals surface area contributed by atoms with Crippen molar-refractivity contribution in [3.05, 3.63) is 6.42 Å². The van der Waals surface area contributed by atoms with Gasteiger partial charge in [-0.1, -0.05) is 66.2 Å². The third-order valence-corrected chi connectivity index (χ3v) is 2.92. The molecule has 0 heterocycles. The van der Waals surface area contributed by atoms with E-state index in [9.17, 15) is 0 Å². The lowest BCUT2D eigenvalue weighted by molar-refractivity contribution is 0.311. The Balaban J connectivity index is 3.40. The van der Waals surface area contributed by atoms with E-state index in [1.165, 1.54) is 51.4 Å². The third kappa shape index (κ3) is 8.59. The molecule has 0 aliphatic heterocycles. The molecule has 0 amide bonds. The van der Waals surface area contributed by atoms with Crippen LogP contribution < -0.4 is 0 Å². The molecule has 0 heteroatoms. The van der Waals surface area contributed by atoms with Crippen molar-refractivity contribution in [2.75, 3.05) is 0 Å². The number of rotatable bonds is 9. The number of hydrogen-bond acceptors (Lipinski definition) is 0. The summed E-state index contributed by atoms with van der Waals surface area (Å²) in [6.07, 6.45) is 13.3. The average Bonchev–Trinajstić information content (AvgIpc) is 2.13. The summed E-state index contributed by atoms with van der Waals surface area (Å²) < 4.78 is 0. The Bertz CT molecular complexity index is 113. The molecule has 0 fully saturated rings. The predicted molar refractivity (Wildman–Crippen MR) is 66.4 cm³/mol. The molecule has 0 saturated heterocycles. The van der Waals surface area contributed by atoms with E-state index in [1.54, 1.807) is 0 Å². The Kier molecular flexibility index (Phi) is 8.32. The maximum atomic E-state index is 2.50. The molecular weight excluding hydrogens is 168 g/mol. The van der Waals surface area contributed by atoms with Crippen LogP contribution in [0.1, 0.15) is 79.1 Å². The molecule has 85 valence electrons. The first kappa shape index (κ1) is 14.0. The highest BCUT2D eigenvalue weighted by Crippen LogP contribution is 2.29. The summed E-state index contributed by atoms with van der Waals surface area (Å²) in [5.41, 5.74) is 0.545. The van der Waals surface area contributed by atoms with E-state index < -0.39 is 0 Å². The third-order valence-electron chi connectivity index (χ3n) is 2.92. The molecule has 0 rings (SSSR count). The van der Waals surface area contributed by atoms with Crippen molar-refractivity contribution >= 4 is 0 Å². The van der Waals surface area contributed by atoms with Crippen molar-refractivity contribution in [1.29, 1.82) is 0 Å². The van der Waals surface area contributed by atoms with E-state index in [0.29, 0.717) is 5.41 Å². The maximum absolute atomic E-state index is 2.50. The van der Waals surface area contributed by atoms with E-state index in [-0.39, 0.29) is 0 Å². The lowest BCUT2D eigenvalue weighted by Gasteiger charge is -2.24. The van der Waals surface area contributed by atoms with Gasteiger partial charge in [-0.3, -0.25) is 0 Å². The molecule has 0 nitrogen and oxygen atoms in total. The highest BCUT2D eigenvalue weighted by Gasteiger charge is 2.16. The van der Waals surface area contributed by atoms with Gasteiger partial charge in [0.25, 0.3) is 0 Å². The van der Waals surface area contributed by atoms with Crippen LogP contribution >= 0.6 is 0 Å². The Morgan fingerprint density at radius 1 is 0.929 bits per heavy atom. The molecule has 0 N–H and O–H groups in total. The summed E-state index contributed by atoms with van der Waals surface area (Å²) >= 11 is 0. The summed E-state index contributed by atoms with van der Waals surface area (Å²) in [7, 11) is 0. The average molecular weight is 197 g/mol. The Morgan fingerprint density at radius 2 is 1.57 bits per heavy atom. The van der Waals surface area contributed by atoms with Gasteiger partial charge in [0.1, 0.15) is 0 Å². The smallest absolute Gasteiger partial charge is 0.0351 e. The van der Waals surface area contributed by atoms with Crippen molar-refractivity contribution in [2.24, 2.45) is 5.41 Å². The van der Waals surface area contributed by atoms with Gasteiger partial charge in [-0.05, 0) is 24.7 Å². The van der Waals surface area contributed by atoms with Gasteiger partial charge in [-0.15, -0.1) is 0 Å². The van der Waals surface area contributed by atoms with Gasteiger partial charge in [-0.25, -0.2) is 0 Å². The zero-order chi connectivity index (χ0) is 10.9. The van der Waals surface area contributed by atoms with Crippen LogP contribution in [0.15, 0.2) is 0 Å². The van der Waals surface area contributed by atoms with Crippen molar-refractivity contribution < 1.29 is 0 Å². The topological polar surface area (TPSA) is 0 Å². The minimum Gasteiger partial charge on any atom is -0.0654 e. The van der Waals surface area contributed by atoms with Crippen LogP contribution in [-0.4, -0.2) is 0 Å². The van der Waals surface area contributed by atoms with Crippen LogP contribution in [0.2, 0.25) is 0 Å². The van der Waals surface area contributed by atoms with Gasteiger partial charge in [0.05, 0.1) is 0 Å². The van der Waals surface area contributed by atoms with Gasteiger partial charge in [0.2, 0.25) is 0 Å². The number of hydrogen-bond donors (Lipinski definition) is 0. The molecular formula is C14H29. The second kappa shape index (κ2) is 8.32. The van der Waals surface area contributed by atoms with Crippen LogP contribution in [0.25, 0.3) is 0 Å². The van der Waals surface area contributed by atoms with E-state index in [0.717, 1.165) is 0 Å². The van der Waals surface area contributed by atoms with Crippen molar-refractivity contribution in [3.8, 4) is 0 Å². The molecule has 0 unspecified atom stereocenters. The fourth-order valence-corrected chi connectivity index (χ4v) is 1.80. The first-order valence-corrected chi connectivity index (χ1v) is 6.44. The highest BCUT2D eigenvalue weighted by atomic mass is 14.2. The number of unbranched alkanes of at least 4 members (excludes halogenated alkanes) is 5. The molecule has 0 atom stereocenters. The zero-order valence-corrected chi connectivity index (χ0v) is 10.7. The molecule has 0 aliphatic rings. The predicted octanol–water partition coefficient (Wildman–Crippen LogP) is 5.38. The largest absolute Gasteiger partial charge is 0.0654 e. The SMILES string of the molecule is CCCC[CH]CC(C)(C)CCCCC. The van der Waals surface area contributed by atoms with Crippen molar-refractivity contribution in [2.45, 2.75) is 79.1 Å². The zero-order valence-electron chi connectivity index (χ0n) is 10.7. The van der Waals surface area contributed by atoms with Gasteiger partial charge in [-0.2, -0.15) is 0 Å². The van der Waals surface area contributed by atoms with E-state index in [4.69, 9.17) is 0 Å². The first-order chi connectivity index (χ1) is 6.62. The Hall–Kier alpha value is 0. The minimum atomic E-state index is 0.545. The van der Waals surface area contributed by atoms with Crippen LogP contribution in [0, 0.1) is 11.8 Å². The second-order valence-corrected chi connectivity index (χ2v) is 5.26. The first-order valence-electron chi connectivity index (χ1n) is 6.44. The molecule has 0 bridgehead atoms. The van der Waals surface area contributed by atoms with Crippen molar-refractivity contribution in [3.63, 3.8) is 0 Å². The van der Waals surface area contributed by atoms with Crippen LogP contribution in [0.4, 0.5) is 0 Å².